The average molecular weight is 426 g/mol. The summed E-state index contributed by atoms with van der Waals surface area (Å²) in [6.45, 7) is 6.58. The second-order valence-corrected chi connectivity index (χ2v) is 8.84. The Balaban J connectivity index is 1.81. The van der Waals surface area contributed by atoms with E-state index in [4.69, 9.17) is 8.83 Å². The minimum atomic E-state index is -0.458. The predicted molar refractivity (Wildman–Crippen MR) is 124 cm³/mol. The number of furan rings is 1. The summed E-state index contributed by atoms with van der Waals surface area (Å²) in [6, 6.07) is 18.3. The van der Waals surface area contributed by atoms with E-state index in [-0.39, 0.29) is 28.5 Å². The highest BCUT2D eigenvalue weighted by atomic mass is 16.3. The molecule has 0 amide bonds. The van der Waals surface area contributed by atoms with Gasteiger partial charge in [-0.3, -0.25) is 14.2 Å². The molecule has 0 bridgehead atoms. The summed E-state index contributed by atoms with van der Waals surface area (Å²) < 4.78 is 12.8. The Morgan fingerprint density at radius 1 is 0.938 bits per heavy atom. The molecule has 32 heavy (non-hydrogen) atoms. The summed E-state index contributed by atoms with van der Waals surface area (Å²) in [7, 11) is 0. The van der Waals surface area contributed by atoms with Crippen molar-refractivity contribution in [3.63, 3.8) is 0 Å². The van der Waals surface area contributed by atoms with Crippen LogP contribution >= 0.6 is 0 Å². The lowest BCUT2D eigenvalue weighted by Crippen LogP contribution is -2.28. The first kappa shape index (κ1) is 20.0. The van der Waals surface area contributed by atoms with E-state index in [0.29, 0.717) is 22.6 Å². The summed E-state index contributed by atoms with van der Waals surface area (Å²) in [4.78, 5) is 31.3. The maximum absolute atomic E-state index is 13.6. The lowest BCUT2D eigenvalue weighted by molar-refractivity contribution is 0.489. The smallest absolute Gasteiger partial charge is 0.269 e. The van der Waals surface area contributed by atoms with Gasteiger partial charge in [-0.1, -0.05) is 57.2 Å². The van der Waals surface area contributed by atoms with Crippen molar-refractivity contribution in [2.24, 2.45) is 0 Å². The zero-order valence-electron chi connectivity index (χ0n) is 18.1. The third-order valence-corrected chi connectivity index (χ3v) is 5.60. The second kappa shape index (κ2) is 7.34. The van der Waals surface area contributed by atoms with Gasteiger partial charge in [0.2, 0.25) is 11.1 Å². The quantitative estimate of drug-likeness (QED) is 0.375. The van der Waals surface area contributed by atoms with Crippen molar-refractivity contribution in [3.8, 4) is 11.4 Å². The number of fused-ring (bicyclic) bond motifs is 2. The van der Waals surface area contributed by atoms with Crippen LogP contribution in [0.3, 0.4) is 0 Å². The maximum atomic E-state index is 13.6. The van der Waals surface area contributed by atoms with E-state index >= 15 is 0 Å². The molecule has 0 aliphatic rings. The Labute approximate surface area is 183 Å². The molecular formula is C26H22N2O4. The molecule has 3 heterocycles. The molecular weight excluding hydrogens is 404 g/mol. The average Bonchev–Trinajstić information content (AvgIpc) is 3.28. The van der Waals surface area contributed by atoms with Crippen LogP contribution in [0.4, 0.5) is 0 Å². The number of para-hydroxylation sites is 1. The molecule has 0 aliphatic carbocycles. The van der Waals surface area contributed by atoms with Gasteiger partial charge in [0.15, 0.2) is 5.39 Å². The molecule has 5 aromatic rings. The number of benzene rings is 2. The van der Waals surface area contributed by atoms with Gasteiger partial charge >= 0.3 is 0 Å². The van der Waals surface area contributed by atoms with E-state index < -0.39 is 5.56 Å². The van der Waals surface area contributed by atoms with E-state index in [0.717, 1.165) is 5.56 Å². The van der Waals surface area contributed by atoms with Crippen LogP contribution < -0.4 is 11.0 Å². The third-order valence-electron chi connectivity index (χ3n) is 5.60. The Bertz CT molecular complexity index is 1550. The first-order chi connectivity index (χ1) is 15.3. The molecule has 3 aromatic heterocycles. The molecule has 5 rings (SSSR count). The molecule has 6 nitrogen and oxygen atoms in total. The Hall–Kier alpha value is -3.93. The van der Waals surface area contributed by atoms with Gasteiger partial charge in [0.05, 0.1) is 18.2 Å². The fourth-order valence-electron chi connectivity index (χ4n) is 3.83. The van der Waals surface area contributed by atoms with Gasteiger partial charge in [-0.2, -0.15) is 4.98 Å². The molecule has 0 saturated carbocycles. The lowest BCUT2D eigenvalue weighted by Gasteiger charge is -2.19. The van der Waals surface area contributed by atoms with Crippen molar-refractivity contribution in [2.75, 3.05) is 0 Å². The van der Waals surface area contributed by atoms with E-state index in [9.17, 15) is 9.59 Å². The highest BCUT2D eigenvalue weighted by molar-refractivity contribution is 5.88. The van der Waals surface area contributed by atoms with Gasteiger partial charge in [0, 0.05) is 5.56 Å². The normalized spacial score (nSPS) is 12.0. The highest BCUT2D eigenvalue weighted by Gasteiger charge is 2.20. The molecule has 0 saturated heterocycles. The summed E-state index contributed by atoms with van der Waals surface area (Å²) in [5.74, 6) is 1.00. The molecule has 6 heteroatoms. The van der Waals surface area contributed by atoms with Crippen LogP contribution in [0.1, 0.15) is 32.1 Å². The number of aromatic nitrogens is 2. The zero-order chi connectivity index (χ0) is 22.5. The van der Waals surface area contributed by atoms with Gasteiger partial charge in [-0.05, 0) is 35.2 Å². The summed E-state index contributed by atoms with van der Waals surface area (Å²) in [5, 5.41) is 0.288. The topological polar surface area (TPSA) is 78.2 Å². The van der Waals surface area contributed by atoms with Crippen LogP contribution in [0, 0.1) is 0 Å². The summed E-state index contributed by atoms with van der Waals surface area (Å²) in [5.41, 5.74) is 1.50. The van der Waals surface area contributed by atoms with Crippen LogP contribution in [0.15, 0.2) is 85.4 Å². The fourth-order valence-corrected chi connectivity index (χ4v) is 3.83. The van der Waals surface area contributed by atoms with Crippen LogP contribution in [0.5, 0.6) is 0 Å². The number of nitrogens with zero attached hydrogens (tertiary/aromatic N) is 2. The SMILES string of the molecule is CC(C)(C)c1ccc(-c2nc3oc4ccccc4c(=O)c3c(=O)n2Cc2ccco2)cc1. The molecule has 0 radical (unpaired) electrons. The van der Waals surface area contributed by atoms with Gasteiger partial charge in [-0.25, -0.2) is 0 Å². The van der Waals surface area contributed by atoms with Crippen molar-refractivity contribution >= 4 is 22.1 Å². The maximum Gasteiger partial charge on any atom is 0.269 e. The van der Waals surface area contributed by atoms with Crippen LogP contribution in [-0.4, -0.2) is 9.55 Å². The molecule has 0 aliphatic heterocycles. The van der Waals surface area contributed by atoms with Crippen molar-refractivity contribution in [1.82, 2.24) is 9.55 Å². The van der Waals surface area contributed by atoms with Gasteiger partial charge in [-0.15, -0.1) is 0 Å². The molecule has 0 fully saturated rings. The summed E-state index contributed by atoms with van der Waals surface area (Å²) in [6.07, 6.45) is 1.55. The Morgan fingerprint density at radius 2 is 1.69 bits per heavy atom. The van der Waals surface area contributed by atoms with Gasteiger partial charge < -0.3 is 8.83 Å². The van der Waals surface area contributed by atoms with Crippen molar-refractivity contribution in [2.45, 2.75) is 32.7 Å². The fraction of sp³-hybridized carbons (Fsp3) is 0.192. The zero-order valence-corrected chi connectivity index (χ0v) is 18.1. The standard InChI is InChI=1S/C26H22N2O4/c1-26(2,3)17-12-10-16(11-13-17)23-27-24-21(22(29)19-8-4-5-9-20(19)32-24)25(30)28(23)15-18-7-6-14-31-18/h4-14H,15H2,1-3H3. The minimum Gasteiger partial charge on any atom is -0.467 e. The molecule has 160 valence electrons. The largest absolute Gasteiger partial charge is 0.467 e. The monoisotopic (exact) mass is 426 g/mol. The highest BCUT2D eigenvalue weighted by Crippen LogP contribution is 2.26. The molecule has 0 unspecified atom stereocenters. The third kappa shape index (κ3) is 3.34. The summed E-state index contributed by atoms with van der Waals surface area (Å²) >= 11 is 0. The molecule has 0 spiro atoms. The molecule has 2 aromatic carbocycles. The van der Waals surface area contributed by atoms with E-state index in [1.54, 1.807) is 42.7 Å². The Morgan fingerprint density at radius 3 is 2.38 bits per heavy atom. The first-order valence-electron chi connectivity index (χ1n) is 10.4. The molecule has 0 atom stereocenters. The minimum absolute atomic E-state index is 0.00507. The van der Waals surface area contributed by atoms with E-state index in [1.807, 2.05) is 24.3 Å². The number of hydrogen-bond acceptors (Lipinski definition) is 5. The van der Waals surface area contributed by atoms with Crippen LogP contribution in [0.25, 0.3) is 33.5 Å². The van der Waals surface area contributed by atoms with E-state index in [2.05, 4.69) is 25.8 Å². The lowest BCUT2D eigenvalue weighted by atomic mass is 9.86. The van der Waals surface area contributed by atoms with Crippen LogP contribution in [0.2, 0.25) is 0 Å². The van der Waals surface area contributed by atoms with Crippen molar-refractivity contribution in [1.29, 1.82) is 0 Å². The van der Waals surface area contributed by atoms with Crippen molar-refractivity contribution in [3.05, 3.63) is 98.8 Å². The number of rotatable bonds is 3. The van der Waals surface area contributed by atoms with Gasteiger partial charge in [0.1, 0.15) is 17.2 Å². The first-order valence-corrected chi connectivity index (χ1v) is 10.4. The Kier molecular flexibility index (Phi) is 4.59. The second-order valence-electron chi connectivity index (χ2n) is 8.84. The molecule has 0 N–H and O–H groups in total. The van der Waals surface area contributed by atoms with Gasteiger partial charge in [0.25, 0.3) is 5.56 Å². The van der Waals surface area contributed by atoms with E-state index in [1.165, 1.54) is 10.1 Å². The predicted octanol–water partition coefficient (Wildman–Crippen LogP) is 5.11. The van der Waals surface area contributed by atoms with Crippen LogP contribution in [-0.2, 0) is 12.0 Å². The van der Waals surface area contributed by atoms with Crippen molar-refractivity contribution < 1.29 is 8.83 Å². The number of hydrogen-bond donors (Lipinski definition) is 0.